The molecule has 1 amide bonds. The van der Waals surface area contributed by atoms with Gasteiger partial charge < -0.3 is 14.1 Å². The van der Waals surface area contributed by atoms with E-state index < -0.39 is 0 Å². The Labute approximate surface area is 105 Å². The predicted octanol–water partition coefficient (Wildman–Crippen LogP) is 1.94. The highest BCUT2D eigenvalue weighted by Gasteiger charge is 2.19. The van der Waals surface area contributed by atoms with Crippen LogP contribution in [-0.2, 0) is 4.74 Å². The fourth-order valence-electron chi connectivity index (χ4n) is 1.32. The molecular weight excluding hydrogens is 244 g/mol. The van der Waals surface area contributed by atoms with Crippen LogP contribution < -0.4 is 0 Å². The second kappa shape index (κ2) is 6.94. The van der Waals surface area contributed by atoms with Gasteiger partial charge in [0.1, 0.15) is 0 Å². The molecule has 0 spiro atoms. The predicted molar refractivity (Wildman–Crippen MR) is 61.7 cm³/mol. The molecule has 0 aliphatic rings. The van der Waals surface area contributed by atoms with Crippen molar-refractivity contribution < 1.29 is 13.9 Å². The third-order valence-corrected chi connectivity index (χ3v) is 2.49. The van der Waals surface area contributed by atoms with Crippen molar-refractivity contribution in [2.45, 2.75) is 6.42 Å². The minimum atomic E-state index is -0.254. The highest BCUT2D eigenvalue weighted by Crippen LogP contribution is 2.18. The number of hydrogen-bond donors (Lipinski definition) is 0. The van der Waals surface area contributed by atoms with Crippen LogP contribution in [0, 0.1) is 11.3 Å². The Hall–Kier alpha value is -1.51. The molecule has 5 nitrogen and oxygen atoms in total. The van der Waals surface area contributed by atoms with Crippen molar-refractivity contribution in [3.63, 3.8) is 0 Å². The fourth-order valence-corrected chi connectivity index (χ4v) is 1.51. The molecule has 1 aromatic rings. The molecule has 92 valence electrons. The number of methoxy groups -OCH3 is 1. The van der Waals surface area contributed by atoms with Crippen molar-refractivity contribution in [1.29, 1.82) is 5.26 Å². The van der Waals surface area contributed by atoms with Gasteiger partial charge in [-0.2, -0.15) is 5.26 Å². The Balaban J connectivity index is 2.72. The topological polar surface area (TPSA) is 66.5 Å². The van der Waals surface area contributed by atoms with Gasteiger partial charge in [-0.15, -0.1) is 0 Å². The first-order chi connectivity index (χ1) is 8.20. The van der Waals surface area contributed by atoms with Crippen molar-refractivity contribution in [3.8, 4) is 6.07 Å². The number of nitriles is 1. The summed E-state index contributed by atoms with van der Waals surface area (Å²) in [6.07, 6.45) is 1.62. The van der Waals surface area contributed by atoms with Crippen LogP contribution in [0.3, 0.4) is 0 Å². The minimum Gasteiger partial charge on any atom is -0.452 e. The van der Waals surface area contributed by atoms with Gasteiger partial charge in [-0.05, 0) is 17.7 Å². The Morgan fingerprint density at radius 3 is 2.94 bits per heavy atom. The normalized spacial score (nSPS) is 9.94. The summed E-state index contributed by atoms with van der Waals surface area (Å²) in [5, 5.41) is 8.61. The van der Waals surface area contributed by atoms with Crippen molar-refractivity contribution in [1.82, 2.24) is 4.90 Å². The van der Waals surface area contributed by atoms with Crippen LogP contribution in [0.15, 0.2) is 16.7 Å². The SMILES string of the molecule is COCCN(CCC#N)C(=O)c1ccoc1Cl. The van der Waals surface area contributed by atoms with Gasteiger partial charge in [0.05, 0.1) is 30.9 Å². The van der Waals surface area contributed by atoms with Gasteiger partial charge in [-0.1, -0.05) is 0 Å². The van der Waals surface area contributed by atoms with Gasteiger partial charge in [0.25, 0.3) is 5.91 Å². The third-order valence-electron chi connectivity index (χ3n) is 2.19. The van der Waals surface area contributed by atoms with E-state index in [0.29, 0.717) is 25.3 Å². The summed E-state index contributed by atoms with van der Waals surface area (Å²) >= 11 is 5.74. The first-order valence-electron chi connectivity index (χ1n) is 5.09. The van der Waals surface area contributed by atoms with Crippen molar-refractivity contribution in [2.75, 3.05) is 26.8 Å². The molecular formula is C11H13ClN2O3. The van der Waals surface area contributed by atoms with Crippen LogP contribution in [0.5, 0.6) is 0 Å². The average Bonchev–Trinajstić information content (AvgIpc) is 2.75. The van der Waals surface area contributed by atoms with E-state index in [-0.39, 0.29) is 17.5 Å². The quantitative estimate of drug-likeness (QED) is 0.780. The van der Waals surface area contributed by atoms with E-state index >= 15 is 0 Å². The summed E-state index contributed by atoms with van der Waals surface area (Å²) < 4.78 is 9.78. The van der Waals surface area contributed by atoms with Gasteiger partial charge in [0.15, 0.2) is 0 Å². The summed E-state index contributed by atoms with van der Waals surface area (Å²) in [5.74, 6) is -0.254. The molecule has 0 N–H and O–H groups in total. The molecule has 0 bridgehead atoms. The number of carbonyl (C=O) groups excluding carboxylic acids is 1. The van der Waals surface area contributed by atoms with Gasteiger partial charge in [-0.25, -0.2) is 0 Å². The maximum absolute atomic E-state index is 12.1. The van der Waals surface area contributed by atoms with Crippen LogP contribution in [0.1, 0.15) is 16.8 Å². The number of amides is 1. The van der Waals surface area contributed by atoms with Crippen LogP contribution >= 0.6 is 11.6 Å². The third kappa shape index (κ3) is 3.77. The number of rotatable bonds is 6. The molecule has 0 aliphatic heterocycles. The second-order valence-corrected chi connectivity index (χ2v) is 3.64. The molecule has 6 heteroatoms. The van der Waals surface area contributed by atoms with Crippen LogP contribution in [-0.4, -0.2) is 37.6 Å². The zero-order valence-corrected chi connectivity index (χ0v) is 10.2. The van der Waals surface area contributed by atoms with Crippen LogP contribution in [0.2, 0.25) is 5.22 Å². The van der Waals surface area contributed by atoms with Gasteiger partial charge >= 0.3 is 0 Å². The van der Waals surface area contributed by atoms with Crippen molar-refractivity contribution in [2.24, 2.45) is 0 Å². The number of halogens is 1. The lowest BCUT2D eigenvalue weighted by Gasteiger charge is -2.20. The molecule has 0 atom stereocenters. The summed E-state index contributed by atoms with van der Waals surface area (Å²) in [7, 11) is 1.55. The standard InChI is InChI=1S/C11H13ClN2O3/c1-16-8-6-14(5-2-4-13)11(15)9-3-7-17-10(9)12/h3,7H,2,5-6,8H2,1H3. The molecule has 1 aromatic heterocycles. The molecule has 0 fully saturated rings. The van der Waals surface area contributed by atoms with E-state index in [1.54, 1.807) is 7.11 Å². The molecule has 1 heterocycles. The maximum Gasteiger partial charge on any atom is 0.258 e. The molecule has 0 unspecified atom stereocenters. The number of carbonyl (C=O) groups is 1. The number of furan rings is 1. The lowest BCUT2D eigenvalue weighted by molar-refractivity contribution is 0.0699. The molecule has 0 radical (unpaired) electrons. The van der Waals surface area contributed by atoms with Crippen molar-refractivity contribution >= 4 is 17.5 Å². The fraction of sp³-hybridized carbons (Fsp3) is 0.455. The molecule has 0 aromatic carbocycles. The van der Waals surface area contributed by atoms with Crippen LogP contribution in [0.25, 0.3) is 0 Å². The zero-order valence-electron chi connectivity index (χ0n) is 9.48. The highest BCUT2D eigenvalue weighted by molar-refractivity contribution is 6.32. The van der Waals surface area contributed by atoms with E-state index in [9.17, 15) is 4.79 Å². The Morgan fingerprint density at radius 1 is 1.65 bits per heavy atom. The molecule has 0 saturated heterocycles. The first-order valence-corrected chi connectivity index (χ1v) is 5.46. The van der Waals surface area contributed by atoms with Crippen molar-refractivity contribution in [3.05, 3.63) is 23.1 Å². The lowest BCUT2D eigenvalue weighted by atomic mass is 10.2. The zero-order chi connectivity index (χ0) is 12.7. The Kier molecular flexibility index (Phi) is 5.53. The summed E-state index contributed by atoms with van der Waals surface area (Å²) in [6.45, 7) is 1.17. The summed E-state index contributed by atoms with van der Waals surface area (Å²) in [6, 6.07) is 3.51. The molecule has 17 heavy (non-hydrogen) atoms. The second-order valence-electron chi connectivity index (χ2n) is 3.30. The van der Waals surface area contributed by atoms with Gasteiger partial charge in [0.2, 0.25) is 5.22 Å². The average molecular weight is 257 g/mol. The minimum absolute atomic E-state index is 0.0642. The first kappa shape index (κ1) is 13.6. The summed E-state index contributed by atoms with van der Waals surface area (Å²) in [4.78, 5) is 13.6. The monoisotopic (exact) mass is 256 g/mol. The largest absolute Gasteiger partial charge is 0.452 e. The number of nitrogens with zero attached hydrogens (tertiary/aromatic N) is 2. The molecule has 0 saturated carbocycles. The van der Waals surface area contributed by atoms with E-state index in [2.05, 4.69) is 0 Å². The maximum atomic E-state index is 12.1. The summed E-state index contributed by atoms with van der Waals surface area (Å²) in [5.41, 5.74) is 0.306. The molecule has 1 rings (SSSR count). The van der Waals surface area contributed by atoms with Crippen LogP contribution in [0.4, 0.5) is 0 Å². The Bertz CT molecular complexity index is 411. The van der Waals surface area contributed by atoms with E-state index in [1.807, 2.05) is 6.07 Å². The molecule has 0 aliphatic carbocycles. The lowest BCUT2D eigenvalue weighted by Crippen LogP contribution is -2.34. The Morgan fingerprint density at radius 2 is 2.41 bits per heavy atom. The number of ether oxygens (including phenoxy) is 1. The van der Waals surface area contributed by atoms with E-state index in [1.165, 1.54) is 17.2 Å². The van der Waals surface area contributed by atoms with Gasteiger partial charge in [-0.3, -0.25) is 4.79 Å². The van der Waals surface area contributed by atoms with Gasteiger partial charge in [0, 0.05) is 20.2 Å². The van der Waals surface area contributed by atoms with E-state index in [4.69, 9.17) is 26.0 Å². The van der Waals surface area contributed by atoms with E-state index in [0.717, 1.165) is 0 Å². The number of hydrogen-bond acceptors (Lipinski definition) is 4. The smallest absolute Gasteiger partial charge is 0.258 e. The highest BCUT2D eigenvalue weighted by atomic mass is 35.5.